The number of nitrogens with one attached hydrogen (secondary N) is 1. The maximum Gasteiger partial charge on any atom is 0.332 e. The van der Waals surface area contributed by atoms with Crippen LogP contribution in [-0.2, 0) is 22.7 Å². The SMILES string of the molecule is CN(C(=O)NCc1ccccc1)N1CC(=O)N2[C@@H](c3ccccc3)C(=O)N(Cc3cccc4cccnc34)C[C@@H]21. The van der Waals surface area contributed by atoms with Crippen molar-refractivity contribution >= 4 is 28.7 Å². The predicted octanol–water partition coefficient (Wildman–Crippen LogP) is 3.55. The lowest BCUT2D eigenvalue weighted by molar-refractivity contribution is -0.157. The van der Waals surface area contributed by atoms with E-state index in [0.717, 1.165) is 27.6 Å². The van der Waals surface area contributed by atoms with Crippen LogP contribution in [0.25, 0.3) is 10.9 Å². The second-order valence-electron chi connectivity index (χ2n) is 10.1. The molecule has 3 aromatic carbocycles. The molecule has 0 bridgehead atoms. The lowest BCUT2D eigenvalue weighted by Gasteiger charge is -2.45. The van der Waals surface area contributed by atoms with Gasteiger partial charge in [-0.1, -0.05) is 84.9 Å². The Kier molecular flexibility index (Phi) is 6.88. The maximum atomic E-state index is 14.0. The van der Waals surface area contributed by atoms with Gasteiger partial charge in [0.1, 0.15) is 12.2 Å². The molecule has 0 spiro atoms. The number of urea groups is 1. The van der Waals surface area contributed by atoms with Crippen molar-refractivity contribution in [3.63, 3.8) is 0 Å². The molecule has 2 aliphatic heterocycles. The number of carbonyl (C=O) groups excluding carboxylic acids is 3. The van der Waals surface area contributed by atoms with Gasteiger partial charge in [-0.25, -0.2) is 4.79 Å². The Bertz CT molecular complexity index is 1540. The molecule has 2 aliphatic rings. The summed E-state index contributed by atoms with van der Waals surface area (Å²) in [6.45, 7) is 0.964. The molecule has 0 radical (unpaired) electrons. The number of pyridine rings is 1. The van der Waals surface area contributed by atoms with Crippen LogP contribution in [0.3, 0.4) is 0 Å². The Morgan fingerprint density at radius 2 is 1.68 bits per heavy atom. The molecule has 6 rings (SSSR count). The maximum absolute atomic E-state index is 14.0. The number of rotatable bonds is 6. The molecule has 9 heteroatoms. The summed E-state index contributed by atoms with van der Waals surface area (Å²) in [5, 5.41) is 7.14. The van der Waals surface area contributed by atoms with E-state index < -0.39 is 12.2 Å². The van der Waals surface area contributed by atoms with Gasteiger partial charge in [-0.3, -0.25) is 19.6 Å². The van der Waals surface area contributed by atoms with Crippen molar-refractivity contribution in [2.75, 3.05) is 20.1 Å². The minimum Gasteiger partial charge on any atom is -0.333 e. The first-order valence-electron chi connectivity index (χ1n) is 13.3. The number of para-hydroxylation sites is 1. The van der Waals surface area contributed by atoms with Gasteiger partial charge in [0, 0.05) is 31.7 Å². The number of hydrazine groups is 1. The standard InChI is InChI=1S/C31H30N6O3/c1-34(31(40)33-18-22-10-4-2-5-11-22)36-21-27(38)37-26(36)20-35(30(39)29(37)24-12-6-3-7-13-24)19-25-15-8-14-23-16-9-17-32-28(23)25/h2-17,26,29H,18-21H2,1H3,(H,33,40)/t26-,29+/m1/s1. The highest BCUT2D eigenvalue weighted by Gasteiger charge is 2.52. The second-order valence-corrected chi connectivity index (χ2v) is 10.1. The first-order chi connectivity index (χ1) is 19.5. The molecule has 0 aliphatic carbocycles. The van der Waals surface area contributed by atoms with E-state index >= 15 is 0 Å². The van der Waals surface area contributed by atoms with Gasteiger partial charge in [-0.05, 0) is 22.8 Å². The van der Waals surface area contributed by atoms with Gasteiger partial charge in [0.05, 0.1) is 18.6 Å². The van der Waals surface area contributed by atoms with E-state index in [1.54, 1.807) is 28.1 Å². The van der Waals surface area contributed by atoms with Crippen LogP contribution < -0.4 is 5.32 Å². The van der Waals surface area contributed by atoms with Crippen LogP contribution in [0.5, 0.6) is 0 Å². The Hall–Kier alpha value is -4.76. The minimum absolute atomic E-state index is 0.000199. The third kappa shape index (κ3) is 4.76. The smallest absolute Gasteiger partial charge is 0.332 e. The van der Waals surface area contributed by atoms with Crippen LogP contribution in [0, 0.1) is 0 Å². The van der Waals surface area contributed by atoms with Gasteiger partial charge < -0.3 is 15.1 Å². The molecule has 1 N–H and O–H groups in total. The molecule has 4 amide bonds. The monoisotopic (exact) mass is 534 g/mol. The Morgan fingerprint density at radius 3 is 2.45 bits per heavy atom. The number of piperazine rings is 1. The van der Waals surface area contributed by atoms with Crippen LogP contribution in [0.2, 0.25) is 0 Å². The van der Waals surface area contributed by atoms with Crippen molar-refractivity contribution < 1.29 is 14.4 Å². The average molecular weight is 535 g/mol. The highest BCUT2D eigenvalue weighted by Crippen LogP contribution is 2.36. The van der Waals surface area contributed by atoms with E-state index in [0.29, 0.717) is 13.1 Å². The van der Waals surface area contributed by atoms with Crippen molar-refractivity contribution in [3.05, 3.63) is 114 Å². The highest BCUT2D eigenvalue weighted by molar-refractivity contribution is 5.92. The molecule has 2 saturated heterocycles. The molecule has 0 saturated carbocycles. The first kappa shape index (κ1) is 25.5. The third-order valence-corrected chi connectivity index (χ3v) is 7.62. The van der Waals surface area contributed by atoms with Crippen LogP contribution in [0.4, 0.5) is 4.79 Å². The summed E-state index contributed by atoms with van der Waals surface area (Å²) in [6, 6.07) is 27.7. The average Bonchev–Trinajstić information content (AvgIpc) is 3.32. The summed E-state index contributed by atoms with van der Waals surface area (Å²) < 4.78 is 0. The zero-order valence-corrected chi connectivity index (χ0v) is 22.2. The van der Waals surface area contributed by atoms with Crippen molar-refractivity contribution in [2.24, 2.45) is 0 Å². The summed E-state index contributed by atoms with van der Waals surface area (Å²) in [4.78, 5) is 48.6. The van der Waals surface area contributed by atoms with E-state index in [2.05, 4.69) is 10.3 Å². The van der Waals surface area contributed by atoms with Gasteiger partial charge in [0.25, 0.3) is 5.91 Å². The Labute approximate surface area is 232 Å². The van der Waals surface area contributed by atoms with Crippen LogP contribution in [0.15, 0.2) is 97.2 Å². The number of aromatic nitrogens is 1. The van der Waals surface area contributed by atoms with E-state index in [1.165, 1.54) is 5.01 Å². The normalized spacial score (nSPS) is 19.1. The van der Waals surface area contributed by atoms with E-state index in [1.807, 2.05) is 91.0 Å². The molecule has 9 nitrogen and oxygen atoms in total. The minimum atomic E-state index is -0.791. The fourth-order valence-electron chi connectivity index (χ4n) is 5.60. The molecule has 202 valence electrons. The van der Waals surface area contributed by atoms with Crippen LogP contribution >= 0.6 is 0 Å². The van der Waals surface area contributed by atoms with Crippen molar-refractivity contribution in [1.29, 1.82) is 0 Å². The van der Waals surface area contributed by atoms with Crippen molar-refractivity contribution in [2.45, 2.75) is 25.3 Å². The van der Waals surface area contributed by atoms with Gasteiger partial charge in [-0.15, -0.1) is 0 Å². The summed E-state index contributed by atoms with van der Waals surface area (Å²) in [5.74, 6) is -0.344. The summed E-state index contributed by atoms with van der Waals surface area (Å²) in [7, 11) is 1.66. The first-order valence-corrected chi connectivity index (χ1v) is 13.3. The van der Waals surface area contributed by atoms with Crippen LogP contribution in [0.1, 0.15) is 22.7 Å². The lowest BCUT2D eigenvalue weighted by Crippen LogP contribution is -2.62. The molecule has 2 fully saturated rings. The number of amides is 4. The van der Waals surface area contributed by atoms with Gasteiger partial charge in [0.2, 0.25) is 5.91 Å². The van der Waals surface area contributed by atoms with Gasteiger partial charge in [0.15, 0.2) is 0 Å². The molecular weight excluding hydrogens is 504 g/mol. The number of carbonyl (C=O) groups is 3. The summed E-state index contributed by atoms with van der Waals surface area (Å²) in [5.41, 5.74) is 3.49. The molecule has 0 unspecified atom stereocenters. The molecule has 2 atom stereocenters. The van der Waals surface area contributed by atoms with Crippen LogP contribution in [-0.4, -0.2) is 69.0 Å². The summed E-state index contributed by atoms with van der Waals surface area (Å²) >= 11 is 0. The van der Waals surface area contributed by atoms with Crippen molar-refractivity contribution in [1.82, 2.24) is 30.1 Å². The summed E-state index contributed by atoms with van der Waals surface area (Å²) in [6.07, 6.45) is 1.24. The molecule has 1 aromatic heterocycles. The Morgan fingerprint density at radius 1 is 0.950 bits per heavy atom. The molecule has 3 heterocycles. The molecule has 40 heavy (non-hydrogen) atoms. The van der Waals surface area contributed by atoms with Gasteiger partial charge in [-0.2, -0.15) is 5.01 Å². The van der Waals surface area contributed by atoms with E-state index in [-0.39, 0.29) is 30.9 Å². The number of benzene rings is 3. The topological polar surface area (TPSA) is 89.1 Å². The number of fused-ring (bicyclic) bond motifs is 2. The van der Waals surface area contributed by atoms with E-state index in [4.69, 9.17) is 0 Å². The number of hydrogen-bond acceptors (Lipinski definition) is 5. The number of nitrogens with zero attached hydrogens (tertiary/aromatic N) is 5. The quantitative estimate of drug-likeness (QED) is 0.409. The fourth-order valence-corrected chi connectivity index (χ4v) is 5.60. The number of hydrogen-bond donors (Lipinski definition) is 1. The largest absolute Gasteiger partial charge is 0.333 e. The van der Waals surface area contributed by atoms with E-state index in [9.17, 15) is 14.4 Å². The fraction of sp³-hybridized carbons (Fsp3) is 0.226. The zero-order chi connectivity index (χ0) is 27.6. The zero-order valence-electron chi connectivity index (χ0n) is 22.2. The second kappa shape index (κ2) is 10.8. The van der Waals surface area contributed by atoms with Gasteiger partial charge >= 0.3 is 6.03 Å². The predicted molar refractivity (Wildman–Crippen MR) is 150 cm³/mol. The third-order valence-electron chi connectivity index (χ3n) is 7.62. The van der Waals surface area contributed by atoms with Crippen molar-refractivity contribution in [3.8, 4) is 0 Å². The highest BCUT2D eigenvalue weighted by atomic mass is 16.2. The Balaban J connectivity index is 1.30. The lowest BCUT2D eigenvalue weighted by atomic mass is 9.99. The molecule has 4 aromatic rings. The molecular formula is C31H30N6O3.